The number of rotatable bonds is 4. The molecule has 0 aliphatic rings. The highest BCUT2D eigenvalue weighted by Crippen LogP contribution is 2.18. The number of nitrogens with one attached hydrogen (secondary N) is 2. The third-order valence-electron chi connectivity index (χ3n) is 3.37. The van der Waals surface area contributed by atoms with Gasteiger partial charge < -0.3 is 20.1 Å². The number of aromatic hydroxyl groups is 1. The molecule has 3 rings (SSSR count). The van der Waals surface area contributed by atoms with Crippen molar-refractivity contribution in [3.05, 3.63) is 64.7 Å². The van der Waals surface area contributed by atoms with Crippen molar-refractivity contribution < 1.29 is 14.6 Å². The number of ether oxygens (including phenoxy) is 1. The van der Waals surface area contributed by atoms with E-state index in [4.69, 9.17) is 4.74 Å². The number of pyridine rings is 1. The van der Waals surface area contributed by atoms with E-state index >= 15 is 0 Å². The van der Waals surface area contributed by atoms with Crippen LogP contribution in [0.5, 0.6) is 11.5 Å². The Morgan fingerprint density at radius 1 is 1.20 bits per heavy atom. The average molecular weight is 338 g/mol. The van der Waals surface area contributed by atoms with Crippen molar-refractivity contribution in [2.75, 3.05) is 12.4 Å². The maximum absolute atomic E-state index is 12.4. The standard InChI is InChI=1S/C17H14N4O4/c1-25-11-7-5-10(6-8-11)19-16(23)13-14(22)17(24)21-15(20-13)12-4-2-3-9-18-12/h2-9,22H,1H3,(H,19,23)(H,20,21,24). The van der Waals surface area contributed by atoms with Crippen LogP contribution in [-0.4, -0.2) is 33.1 Å². The summed E-state index contributed by atoms with van der Waals surface area (Å²) in [6.45, 7) is 0. The van der Waals surface area contributed by atoms with E-state index in [1.807, 2.05) is 0 Å². The quantitative estimate of drug-likeness (QED) is 0.668. The zero-order chi connectivity index (χ0) is 17.8. The number of H-pyrrole nitrogens is 1. The number of anilines is 1. The van der Waals surface area contributed by atoms with Crippen LogP contribution >= 0.6 is 0 Å². The molecule has 0 bridgehead atoms. The van der Waals surface area contributed by atoms with Gasteiger partial charge >= 0.3 is 0 Å². The zero-order valence-corrected chi connectivity index (χ0v) is 13.2. The summed E-state index contributed by atoms with van der Waals surface area (Å²) in [4.78, 5) is 34.8. The molecule has 0 atom stereocenters. The first kappa shape index (κ1) is 16.2. The van der Waals surface area contributed by atoms with Crippen LogP contribution in [-0.2, 0) is 0 Å². The Kier molecular flexibility index (Phi) is 4.42. The predicted octanol–water partition coefficient (Wildman–Crippen LogP) is 1.80. The number of benzene rings is 1. The second-order valence-electron chi connectivity index (χ2n) is 5.01. The van der Waals surface area contributed by atoms with Gasteiger partial charge in [-0.1, -0.05) is 6.07 Å². The van der Waals surface area contributed by atoms with E-state index in [1.165, 1.54) is 13.3 Å². The molecule has 2 aromatic heterocycles. The van der Waals surface area contributed by atoms with Crippen molar-refractivity contribution in [1.29, 1.82) is 0 Å². The summed E-state index contributed by atoms with van der Waals surface area (Å²) in [7, 11) is 1.53. The molecular weight excluding hydrogens is 324 g/mol. The minimum absolute atomic E-state index is 0.0864. The first-order valence-corrected chi connectivity index (χ1v) is 7.28. The van der Waals surface area contributed by atoms with Crippen LogP contribution in [0.15, 0.2) is 53.5 Å². The number of carbonyl (C=O) groups is 1. The summed E-state index contributed by atoms with van der Waals surface area (Å²) >= 11 is 0. The number of amides is 1. The largest absolute Gasteiger partial charge is 0.501 e. The van der Waals surface area contributed by atoms with Gasteiger partial charge in [0, 0.05) is 11.9 Å². The van der Waals surface area contributed by atoms with E-state index in [0.717, 1.165) is 0 Å². The van der Waals surface area contributed by atoms with Crippen LogP contribution in [0.4, 0.5) is 5.69 Å². The van der Waals surface area contributed by atoms with E-state index in [1.54, 1.807) is 42.5 Å². The minimum Gasteiger partial charge on any atom is -0.501 e. The van der Waals surface area contributed by atoms with Gasteiger partial charge in [0.25, 0.3) is 11.5 Å². The van der Waals surface area contributed by atoms with Gasteiger partial charge in [-0.15, -0.1) is 0 Å². The van der Waals surface area contributed by atoms with Crippen LogP contribution in [0.25, 0.3) is 11.5 Å². The molecule has 0 fully saturated rings. The van der Waals surface area contributed by atoms with E-state index < -0.39 is 17.2 Å². The molecule has 8 nitrogen and oxygen atoms in total. The molecule has 1 aromatic carbocycles. The molecule has 0 saturated carbocycles. The van der Waals surface area contributed by atoms with E-state index in [2.05, 4.69) is 20.3 Å². The normalized spacial score (nSPS) is 10.3. The number of hydrogen-bond acceptors (Lipinski definition) is 6. The van der Waals surface area contributed by atoms with Crippen molar-refractivity contribution in [2.24, 2.45) is 0 Å². The Hall–Kier alpha value is -3.68. The van der Waals surface area contributed by atoms with Gasteiger partial charge in [0.05, 0.1) is 7.11 Å². The third kappa shape index (κ3) is 3.47. The fourth-order valence-corrected chi connectivity index (χ4v) is 2.11. The van der Waals surface area contributed by atoms with Gasteiger partial charge in [0.15, 0.2) is 11.5 Å². The number of methoxy groups -OCH3 is 1. The van der Waals surface area contributed by atoms with Crippen molar-refractivity contribution in [2.45, 2.75) is 0 Å². The topological polar surface area (TPSA) is 117 Å². The maximum Gasteiger partial charge on any atom is 0.294 e. The molecule has 0 aliphatic heterocycles. The van der Waals surface area contributed by atoms with Gasteiger partial charge in [0.1, 0.15) is 11.4 Å². The Balaban J connectivity index is 1.93. The fraction of sp³-hybridized carbons (Fsp3) is 0.0588. The number of carbonyl (C=O) groups excluding carboxylic acids is 1. The van der Waals surface area contributed by atoms with Crippen LogP contribution < -0.4 is 15.6 Å². The van der Waals surface area contributed by atoms with Crippen LogP contribution in [0.1, 0.15) is 10.5 Å². The Morgan fingerprint density at radius 2 is 1.96 bits per heavy atom. The number of aromatic amines is 1. The zero-order valence-electron chi connectivity index (χ0n) is 13.2. The summed E-state index contributed by atoms with van der Waals surface area (Å²) in [5.41, 5.74) is -0.375. The van der Waals surface area contributed by atoms with Crippen molar-refractivity contribution in [3.8, 4) is 23.0 Å². The SMILES string of the molecule is COc1ccc(NC(=O)c2nc(-c3ccccn3)[nH]c(=O)c2O)cc1. The van der Waals surface area contributed by atoms with Gasteiger partial charge in [-0.3, -0.25) is 14.6 Å². The van der Waals surface area contributed by atoms with Crippen molar-refractivity contribution in [1.82, 2.24) is 15.0 Å². The van der Waals surface area contributed by atoms with Gasteiger partial charge in [-0.25, -0.2) is 4.98 Å². The second-order valence-corrected chi connectivity index (χ2v) is 5.01. The monoisotopic (exact) mass is 338 g/mol. The Labute approximate surface area is 142 Å². The molecule has 126 valence electrons. The second kappa shape index (κ2) is 6.83. The Morgan fingerprint density at radius 3 is 2.60 bits per heavy atom. The molecule has 8 heteroatoms. The third-order valence-corrected chi connectivity index (χ3v) is 3.37. The molecule has 0 unspecified atom stereocenters. The number of nitrogens with zero attached hydrogens (tertiary/aromatic N) is 2. The molecule has 3 N–H and O–H groups in total. The van der Waals surface area contributed by atoms with E-state index in [9.17, 15) is 14.7 Å². The van der Waals surface area contributed by atoms with E-state index in [0.29, 0.717) is 17.1 Å². The molecule has 0 saturated heterocycles. The van der Waals surface area contributed by atoms with Crippen molar-refractivity contribution >= 4 is 11.6 Å². The summed E-state index contributed by atoms with van der Waals surface area (Å²) < 4.78 is 5.04. The molecule has 0 spiro atoms. The van der Waals surface area contributed by atoms with Crippen LogP contribution in [0.3, 0.4) is 0 Å². The van der Waals surface area contributed by atoms with Crippen molar-refractivity contribution in [3.63, 3.8) is 0 Å². The highest BCUT2D eigenvalue weighted by atomic mass is 16.5. The van der Waals surface area contributed by atoms with Gasteiger partial charge in [-0.2, -0.15) is 0 Å². The predicted molar refractivity (Wildman–Crippen MR) is 90.7 cm³/mol. The molecule has 0 aliphatic carbocycles. The fourth-order valence-electron chi connectivity index (χ4n) is 2.11. The summed E-state index contributed by atoms with van der Waals surface area (Å²) in [5.74, 6) is -0.757. The lowest BCUT2D eigenvalue weighted by Gasteiger charge is -2.08. The smallest absolute Gasteiger partial charge is 0.294 e. The van der Waals surface area contributed by atoms with Crippen LogP contribution in [0.2, 0.25) is 0 Å². The minimum atomic E-state index is -0.824. The van der Waals surface area contributed by atoms with Gasteiger partial charge in [-0.05, 0) is 36.4 Å². The highest BCUT2D eigenvalue weighted by Gasteiger charge is 2.19. The highest BCUT2D eigenvalue weighted by molar-refractivity contribution is 6.04. The average Bonchev–Trinajstić information content (AvgIpc) is 2.65. The van der Waals surface area contributed by atoms with Crippen LogP contribution in [0, 0.1) is 0 Å². The van der Waals surface area contributed by atoms with Gasteiger partial charge in [0.2, 0.25) is 5.75 Å². The Bertz CT molecular complexity index is 953. The first-order chi connectivity index (χ1) is 12.1. The molecular formula is C17H14N4O4. The summed E-state index contributed by atoms with van der Waals surface area (Å²) in [5, 5.41) is 12.5. The molecule has 2 heterocycles. The summed E-state index contributed by atoms with van der Waals surface area (Å²) in [6, 6.07) is 11.6. The lowest BCUT2D eigenvalue weighted by Crippen LogP contribution is -2.20. The lowest BCUT2D eigenvalue weighted by molar-refractivity contribution is 0.101. The van der Waals surface area contributed by atoms with E-state index in [-0.39, 0.29) is 11.5 Å². The summed E-state index contributed by atoms with van der Waals surface area (Å²) in [6.07, 6.45) is 1.53. The molecule has 0 radical (unpaired) electrons. The first-order valence-electron chi connectivity index (χ1n) is 7.28. The molecule has 1 amide bonds. The lowest BCUT2D eigenvalue weighted by atomic mass is 10.2. The molecule has 25 heavy (non-hydrogen) atoms. The molecule has 3 aromatic rings. The number of aromatic nitrogens is 3. The number of hydrogen-bond donors (Lipinski definition) is 3. The maximum atomic E-state index is 12.4.